The predicted octanol–water partition coefficient (Wildman–Crippen LogP) is 0.744. The SMILES string of the molecule is COc1cc(OC2CCCC2N)ncn1. The molecule has 1 saturated carbocycles. The monoisotopic (exact) mass is 209 g/mol. The standard InChI is InChI=1S/C10H15N3O2/c1-14-9-5-10(13-6-12-9)15-8-4-2-3-7(8)11/h5-8H,2-4,11H2,1H3. The first-order valence-electron chi connectivity index (χ1n) is 5.08. The van der Waals surface area contributed by atoms with Crippen LogP contribution in [0.3, 0.4) is 0 Å². The van der Waals surface area contributed by atoms with Crippen LogP contribution in [0.15, 0.2) is 12.4 Å². The molecule has 15 heavy (non-hydrogen) atoms. The maximum Gasteiger partial charge on any atom is 0.220 e. The molecule has 1 heterocycles. The maximum absolute atomic E-state index is 5.90. The molecule has 0 aromatic carbocycles. The van der Waals surface area contributed by atoms with Gasteiger partial charge in [-0.1, -0.05) is 0 Å². The third-order valence-electron chi connectivity index (χ3n) is 2.60. The number of ether oxygens (including phenoxy) is 2. The molecule has 5 nitrogen and oxygen atoms in total. The molecule has 2 rings (SSSR count). The molecular formula is C10H15N3O2. The zero-order chi connectivity index (χ0) is 10.7. The summed E-state index contributed by atoms with van der Waals surface area (Å²) in [4.78, 5) is 7.92. The van der Waals surface area contributed by atoms with E-state index < -0.39 is 0 Å². The van der Waals surface area contributed by atoms with Gasteiger partial charge in [-0.25, -0.2) is 9.97 Å². The number of methoxy groups -OCH3 is 1. The number of hydrogen-bond donors (Lipinski definition) is 1. The van der Waals surface area contributed by atoms with Gasteiger partial charge in [-0.05, 0) is 19.3 Å². The Morgan fingerprint density at radius 2 is 2.13 bits per heavy atom. The fraction of sp³-hybridized carbons (Fsp3) is 0.600. The van der Waals surface area contributed by atoms with E-state index in [4.69, 9.17) is 15.2 Å². The lowest BCUT2D eigenvalue weighted by Crippen LogP contribution is -2.33. The van der Waals surface area contributed by atoms with Crippen LogP contribution >= 0.6 is 0 Å². The molecular weight excluding hydrogens is 194 g/mol. The zero-order valence-corrected chi connectivity index (χ0v) is 8.72. The van der Waals surface area contributed by atoms with Crippen LogP contribution in [0.1, 0.15) is 19.3 Å². The van der Waals surface area contributed by atoms with Crippen molar-refractivity contribution in [2.45, 2.75) is 31.4 Å². The minimum atomic E-state index is 0.0737. The van der Waals surface area contributed by atoms with Crippen molar-refractivity contribution in [2.75, 3.05) is 7.11 Å². The minimum absolute atomic E-state index is 0.0737. The van der Waals surface area contributed by atoms with Gasteiger partial charge in [0.1, 0.15) is 12.4 Å². The number of nitrogens with two attached hydrogens (primary N) is 1. The smallest absolute Gasteiger partial charge is 0.220 e. The molecule has 1 aliphatic rings. The zero-order valence-electron chi connectivity index (χ0n) is 8.72. The van der Waals surface area contributed by atoms with E-state index in [2.05, 4.69) is 9.97 Å². The second kappa shape index (κ2) is 4.44. The van der Waals surface area contributed by atoms with Crippen molar-refractivity contribution < 1.29 is 9.47 Å². The number of nitrogens with zero attached hydrogens (tertiary/aromatic N) is 2. The Morgan fingerprint density at radius 1 is 1.33 bits per heavy atom. The number of hydrogen-bond acceptors (Lipinski definition) is 5. The molecule has 2 atom stereocenters. The summed E-state index contributed by atoms with van der Waals surface area (Å²) < 4.78 is 10.7. The van der Waals surface area contributed by atoms with E-state index in [0.29, 0.717) is 11.8 Å². The van der Waals surface area contributed by atoms with Crippen LogP contribution in [-0.4, -0.2) is 29.2 Å². The highest BCUT2D eigenvalue weighted by atomic mass is 16.5. The van der Waals surface area contributed by atoms with Gasteiger partial charge in [-0.2, -0.15) is 0 Å². The molecule has 82 valence electrons. The molecule has 0 spiro atoms. The van der Waals surface area contributed by atoms with E-state index in [1.165, 1.54) is 6.33 Å². The van der Waals surface area contributed by atoms with Gasteiger partial charge in [-0.15, -0.1) is 0 Å². The second-order valence-corrected chi connectivity index (χ2v) is 3.65. The first kappa shape index (κ1) is 10.2. The van der Waals surface area contributed by atoms with Crippen molar-refractivity contribution in [1.29, 1.82) is 0 Å². The van der Waals surface area contributed by atoms with Crippen LogP contribution in [-0.2, 0) is 0 Å². The molecule has 1 aliphatic carbocycles. The summed E-state index contributed by atoms with van der Waals surface area (Å²) >= 11 is 0. The van der Waals surface area contributed by atoms with Crippen LogP contribution in [0.5, 0.6) is 11.8 Å². The van der Waals surface area contributed by atoms with E-state index in [1.807, 2.05) is 0 Å². The quantitative estimate of drug-likeness (QED) is 0.795. The van der Waals surface area contributed by atoms with E-state index in [9.17, 15) is 0 Å². The molecule has 0 amide bonds. The summed E-state index contributed by atoms with van der Waals surface area (Å²) in [5.41, 5.74) is 5.90. The van der Waals surface area contributed by atoms with Crippen molar-refractivity contribution in [1.82, 2.24) is 9.97 Å². The van der Waals surface area contributed by atoms with Gasteiger partial charge in [0.15, 0.2) is 0 Å². The lowest BCUT2D eigenvalue weighted by molar-refractivity contribution is 0.182. The van der Waals surface area contributed by atoms with Gasteiger partial charge in [0.25, 0.3) is 0 Å². The van der Waals surface area contributed by atoms with Gasteiger partial charge < -0.3 is 15.2 Å². The average molecular weight is 209 g/mol. The average Bonchev–Trinajstić information content (AvgIpc) is 2.65. The van der Waals surface area contributed by atoms with E-state index in [0.717, 1.165) is 19.3 Å². The van der Waals surface area contributed by atoms with Crippen molar-refractivity contribution in [2.24, 2.45) is 5.73 Å². The third kappa shape index (κ3) is 2.36. The van der Waals surface area contributed by atoms with Crippen molar-refractivity contribution >= 4 is 0 Å². The molecule has 2 N–H and O–H groups in total. The minimum Gasteiger partial charge on any atom is -0.481 e. The Balaban J connectivity index is 2.03. The summed E-state index contributed by atoms with van der Waals surface area (Å²) in [6.45, 7) is 0. The van der Waals surface area contributed by atoms with E-state index >= 15 is 0 Å². The van der Waals surface area contributed by atoms with Crippen molar-refractivity contribution in [3.05, 3.63) is 12.4 Å². The highest BCUT2D eigenvalue weighted by Gasteiger charge is 2.25. The largest absolute Gasteiger partial charge is 0.481 e. The predicted molar refractivity (Wildman–Crippen MR) is 54.8 cm³/mol. The molecule has 1 aromatic rings. The Kier molecular flexibility index (Phi) is 3.01. The third-order valence-corrected chi connectivity index (χ3v) is 2.60. The summed E-state index contributed by atoms with van der Waals surface area (Å²) in [5, 5.41) is 0. The first-order valence-corrected chi connectivity index (χ1v) is 5.08. The Labute approximate surface area is 88.6 Å². The van der Waals surface area contributed by atoms with Crippen LogP contribution < -0.4 is 15.2 Å². The van der Waals surface area contributed by atoms with Crippen molar-refractivity contribution in [3.8, 4) is 11.8 Å². The van der Waals surface area contributed by atoms with Crippen molar-refractivity contribution in [3.63, 3.8) is 0 Å². The first-order chi connectivity index (χ1) is 7.29. The van der Waals surface area contributed by atoms with Crippen LogP contribution in [0.25, 0.3) is 0 Å². The molecule has 0 bridgehead atoms. The van der Waals surface area contributed by atoms with Crippen LogP contribution in [0.2, 0.25) is 0 Å². The maximum atomic E-state index is 5.90. The molecule has 1 aromatic heterocycles. The van der Waals surface area contributed by atoms with Gasteiger partial charge in [-0.3, -0.25) is 0 Å². The lowest BCUT2D eigenvalue weighted by Gasteiger charge is -2.16. The number of rotatable bonds is 3. The molecule has 0 saturated heterocycles. The molecule has 0 aliphatic heterocycles. The summed E-state index contributed by atoms with van der Waals surface area (Å²) in [6, 6.07) is 1.79. The van der Waals surface area contributed by atoms with Gasteiger partial charge in [0, 0.05) is 6.04 Å². The number of aromatic nitrogens is 2. The Hall–Kier alpha value is -1.36. The summed E-state index contributed by atoms with van der Waals surface area (Å²) in [5.74, 6) is 1.04. The molecule has 5 heteroatoms. The fourth-order valence-corrected chi connectivity index (χ4v) is 1.76. The van der Waals surface area contributed by atoms with E-state index in [-0.39, 0.29) is 12.1 Å². The summed E-state index contributed by atoms with van der Waals surface area (Å²) in [7, 11) is 1.56. The van der Waals surface area contributed by atoms with Crippen LogP contribution in [0, 0.1) is 0 Å². The summed E-state index contributed by atoms with van der Waals surface area (Å²) in [6.07, 6.45) is 4.63. The lowest BCUT2D eigenvalue weighted by atomic mass is 10.2. The molecule has 2 unspecified atom stereocenters. The topological polar surface area (TPSA) is 70.3 Å². The highest BCUT2D eigenvalue weighted by Crippen LogP contribution is 2.23. The Bertz CT molecular complexity index is 332. The van der Waals surface area contributed by atoms with Gasteiger partial charge in [0.05, 0.1) is 13.2 Å². The van der Waals surface area contributed by atoms with Gasteiger partial charge >= 0.3 is 0 Å². The Morgan fingerprint density at radius 3 is 2.80 bits per heavy atom. The fourth-order valence-electron chi connectivity index (χ4n) is 1.76. The van der Waals surface area contributed by atoms with E-state index in [1.54, 1.807) is 13.2 Å². The molecule has 0 radical (unpaired) electrons. The molecule has 1 fully saturated rings. The normalized spacial score (nSPS) is 25.2. The second-order valence-electron chi connectivity index (χ2n) is 3.65. The highest BCUT2D eigenvalue weighted by molar-refractivity contribution is 5.18. The van der Waals surface area contributed by atoms with Crippen LogP contribution in [0.4, 0.5) is 0 Å². The van der Waals surface area contributed by atoms with Gasteiger partial charge in [0.2, 0.25) is 11.8 Å².